The van der Waals surface area contributed by atoms with E-state index in [0.29, 0.717) is 66.5 Å². The van der Waals surface area contributed by atoms with Gasteiger partial charge in [-0.3, -0.25) is 4.90 Å². The lowest BCUT2D eigenvalue weighted by molar-refractivity contribution is 0.111. The molecule has 0 aliphatic carbocycles. The van der Waals surface area contributed by atoms with Gasteiger partial charge < -0.3 is 24.3 Å². The quantitative estimate of drug-likeness (QED) is 0.575. The van der Waals surface area contributed by atoms with E-state index in [9.17, 15) is 15.0 Å². The van der Waals surface area contributed by atoms with Crippen LogP contribution in [0.3, 0.4) is 0 Å². The van der Waals surface area contributed by atoms with Crippen molar-refractivity contribution in [1.29, 1.82) is 0 Å². The third-order valence-electron chi connectivity index (χ3n) is 6.03. The fourth-order valence-electron chi connectivity index (χ4n) is 4.26. The molecule has 0 bridgehead atoms. The molecule has 0 radical (unpaired) electrons. The molecule has 1 amide bonds. The summed E-state index contributed by atoms with van der Waals surface area (Å²) < 4.78 is 11.7. The van der Waals surface area contributed by atoms with Crippen molar-refractivity contribution >= 4 is 40.2 Å². The van der Waals surface area contributed by atoms with Crippen LogP contribution in [0, 0.1) is 0 Å². The van der Waals surface area contributed by atoms with Crippen molar-refractivity contribution in [2.45, 2.75) is 0 Å². The zero-order valence-electron chi connectivity index (χ0n) is 18.6. The van der Waals surface area contributed by atoms with Crippen LogP contribution >= 0.6 is 0 Å². The number of hydrogen-bond acceptors (Lipinski definition) is 8. The second-order valence-electron chi connectivity index (χ2n) is 8.09. The number of aromatic nitrogens is 1. The molecule has 2 aliphatic heterocycles. The molecule has 0 atom stereocenters. The van der Waals surface area contributed by atoms with Crippen molar-refractivity contribution in [2.24, 2.45) is 10.2 Å². The van der Waals surface area contributed by atoms with Gasteiger partial charge in [-0.1, -0.05) is 6.58 Å². The lowest BCUT2D eigenvalue weighted by atomic mass is 10.0. The van der Waals surface area contributed by atoms with Gasteiger partial charge in [0.25, 0.3) is 0 Å². The summed E-state index contributed by atoms with van der Waals surface area (Å²) in [6.45, 7) is 6.84. The summed E-state index contributed by atoms with van der Waals surface area (Å²) >= 11 is 0. The van der Waals surface area contributed by atoms with Gasteiger partial charge in [-0.25, -0.2) is 9.78 Å². The molecule has 34 heavy (non-hydrogen) atoms. The second kappa shape index (κ2) is 8.64. The van der Waals surface area contributed by atoms with E-state index in [1.54, 1.807) is 37.6 Å². The molecule has 174 valence electrons. The monoisotopic (exact) mass is 461 g/mol. The molecule has 0 saturated carbocycles. The SMILES string of the molecule is C=C(CN1CCN(C(=O)O)CC1)c1c(OC)ccc2c(O)c(C=C3N=Nc4ncccc43)oc12. The number of nitrogens with zero attached hydrogens (tertiary/aromatic N) is 5. The number of aromatic hydroxyl groups is 1. The van der Waals surface area contributed by atoms with Gasteiger partial charge in [0, 0.05) is 50.6 Å². The number of azo groups is 1. The minimum atomic E-state index is -0.905. The Morgan fingerprint density at radius 1 is 1.24 bits per heavy atom. The molecule has 10 nitrogen and oxygen atoms in total. The first kappa shape index (κ1) is 21.7. The number of carboxylic acid groups (broad SMARTS) is 1. The molecule has 10 heteroatoms. The van der Waals surface area contributed by atoms with Gasteiger partial charge in [-0.2, -0.15) is 0 Å². The van der Waals surface area contributed by atoms with Crippen molar-refractivity contribution in [1.82, 2.24) is 14.8 Å². The third-order valence-corrected chi connectivity index (χ3v) is 6.03. The number of furan rings is 1. The average Bonchev–Trinajstić information content (AvgIpc) is 3.39. The molecule has 5 rings (SSSR count). The summed E-state index contributed by atoms with van der Waals surface area (Å²) in [6.07, 6.45) is 2.37. The van der Waals surface area contributed by atoms with E-state index < -0.39 is 6.09 Å². The van der Waals surface area contributed by atoms with E-state index in [1.165, 1.54) is 4.90 Å². The van der Waals surface area contributed by atoms with Crippen LogP contribution in [0.1, 0.15) is 16.9 Å². The zero-order chi connectivity index (χ0) is 23.8. The predicted octanol–water partition coefficient (Wildman–Crippen LogP) is 4.45. The highest BCUT2D eigenvalue weighted by atomic mass is 16.5. The van der Waals surface area contributed by atoms with E-state index in [4.69, 9.17) is 9.15 Å². The lowest BCUT2D eigenvalue weighted by Crippen LogP contribution is -2.48. The maximum absolute atomic E-state index is 11.2. The molecule has 3 aromatic rings. The topological polar surface area (TPSA) is 124 Å². The molecule has 2 aromatic heterocycles. The van der Waals surface area contributed by atoms with E-state index in [2.05, 4.69) is 26.7 Å². The minimum Gasteiger partial charge on any atom is -0.504 e. The smallest absolute Gasteiger partial charge is 0.407 e. The fourth-order valence-corrected chi connectivity index (χ4v) is 4.26. The largest absolute Gasteiger partial charge is 0.504 e. The molecule has 4 heterocycles. The number of fused-ring (bicyclic) bond motifs is 2. The molecule has 1 fully saturated rings. The van der Waals surface area contributed by atoms with Crippen LogP contribution in [0.5, 0.6) is 11.5 Å². The highest BCUT2D eigenvalue weighted by Gasteiger charge is 2.25. The van der Waals surface area contributed by atoms with Crippen molar-refractivity contribution in [2.75, 3.05) is 39.8 Å². The molecule has 0 unspecified atom stereocenters. The molecular weight excluding hydrogens is 438 g/mol. The highest BCUT2D eigenvalue weighted by molar-refractivity contribution is 5.99. The normalized spacial score (nSPS) is 16.9. The van der Waals surface area contributed by atoms with Crippen molar-refractivity contribution in [3.05, 3.63) is 53.9 Å². The van der Waals surface area contributed by atoms with Gasteiger partial charge in [0.15, 0.2) is 17.3 Å². The van der Waals surface area contributed by atoms with Gasteiger partial charge in [0.2, 0.25) is 0 Å². The van der Waals surface area contributed by atoms with E-state index in [1.807, 2.05) is 6.07 Å². The van der Waals surface area contributed by atoms with Gasteiger partial charge in [-0.05, 0) is 29.8 Å². The Morgan fingerprint density at radius 2 is 2.03 bits per heavy atom. The van der Waals surface area contributed by atoms with E-state index in [0.717, 1.165) is 11.1 Å². The molecular formula is C24H23N5O5. The second-order valence-corrected chi connectivity index (χ2v) is 8.09. The molecule has 2 aliphatic rings. The Kier molecular flexibility index (Phi) is 5.50. The van der Waals surface area contributed by atoms with Crippen LogP contribution in [0.25, 0.3) is 28.3 Å². The number of hydrogen-bond donors (Lipinski definition) is 2. The Labute approximate surface area is 195 Å². The van der Waals surface area contributed by atoms with Gasteiger partial charge >= 0.3 is 6.09 Å². The van der Waals surface area contributed by atoms with Crippen molar-refractivity contribution < 1.29 is 24.2 Å². The van der Waals surface area contributed by atoms with E-state index >= 15 is 0 Å². The first-order valence-electron chi connectivity index (χ1n) is 10.8. The fraction of sp³-hybridized carbons (Fsp3) is 0.250. The summed E-state index contributed by atoms with van der Waals surface area (Å²) in [5.74, 6) is 1.33. The maximum Gasteiger partial charge on any atom is 0.407 e. The van der Waals surface area contributed by atoms with Gasteiger partial charge in [0.1, 0.15) is 17.0 Å². The van der Waals surface area contributed by atoms with Gasteiger partial charge in [0.05, 0.1) is 18.1 Å². The number of benzene rings is 1. The summed E-state index contributed by atoms with van der Waals surface area (Å²) in [4.78, 5) is 18.9. The maximum atomic E-state index is 11.2. The average molecular weight is 461 g/mol. The van der Waals surface area contributed by atoms with Crippen molar-refractivity contribution in [3.8, 4) is 11.5 Å². The Bertz CT molecular complexity index is 1350. The molecule has 1 saturated heterocycles. The first-order chi connectivity index (χ1) is 16.5. The molecule has 2 N–H and O–H groups in total. The summed E-state index contributed by atoms with van der Waals surface area (Å²) in [6, 6.07) is 7.16. The third kappa shape index (κ3) is 3.77. The van der Waals surface area contributed by atoms with E-state index in [-0.39, 0.29) is 11.5 Å². The van der Waals surface area contributed by atoms with Crippen LogP contribution in [0.2, 0.25) is 0 Å². The molecule has 1 aromatic carbocycles. The number of carbonyl (C=O) groups is 1. The van der Waals surface area contributed by atoms with Crippen LogP contribution in [0.4, 0.5) is 10.6 Å². The summed E-state index contributed by atoms with van der Waals surface area (Å²) in [5.41, 5.74) is 3.16. The Morgan fingerprint density at radius 3 is 2.76 bits per heavy atom. The number of pyridine rings is 1. The van der Waals surface area contributed by atoms with Crippen molar-refractivity contribution in [3.63, 3.8) is 0 Å². The molecule has 0 spiro atoms. The standard InChI is InChI=1S/C24H23N5O5/c1-14(13-28-8-10-29(11-9-28)24(31)32)20-18(33-2)6-5-16-21(30)19(34-22(16)20)12-17-15-4-3-7-25-23(15)27-26-17/h3-7,12,30H,1,8-11,13H2,2H3,(H,31,32). The highest BCUT2D eigenvalue weighted by Crippen LogP contribution is 2.43. The number of methoxy groups -OCH3 is 1. The zero-order valence-corrected chi connectivity index (χ0v) is 18.6. The number of ether oxygens (including phenoxy) is 1. The van der Waals surface area contributed by atoms with Crippen LogP contribution in [0.15, 0.2) is 51.7 Å². The van der Waals surface area contributed by atoms with Crippen LogP contribution in [-0.2, 0) is 0 Å². The minimum absolute atomic E-state index is 0.0122. The number of amides is 1. The summed E-state index contributed by atoms with van der Waals surface area (Å²) in [7, 11) is 1.57. The van der Waals surface area contributed by atoms with Crippen LogP contribution in [-0.4, -0.2) is 70.9 Å². The predicted molar refractivity (Wildman–Crippen MR) is 126 cm³/mol. The van der Waals surface area contributed by atoms with Gasteiger partial charge in [-0.15, -0.1) is 10.2 Å². The Balaban J connectivity index is 1.48. The first-order valence-corrected chi connectivity index (χ1v) is 10.8. The number of rotatable bonds is 5. The summed E-state index contributed by atoms with van der Waals surface area (Å²) in [5, 5.41) is 28.8. The van der Waals surface area contributed by atoms with Crippen LogP contribution < -0.4 is 4.74 Å². The Hall–Kier alpha value is -4.18. The number of piperazine rings is 1. The lowest BCUT2D eigenvalue weighted by Gasteiger charge is -2.33.